The van der Waals surface area contributed by atoms with E-state index in [4.69, 9.17) is 9.47 Å². The Labute approximate surface area is 182 Å². The summed E-state index contributed by atoms with van der Waals surface area (Å²) in [5.41, 5.74) is 2.59. The van der Waals surface area contributed by atoms with Crippen molar-refractivity contribution in [3.05, 3.63) is 79.0 Å². The number of halogens is 1. The van der Waals surface area contributed by atoms with Gasteiger partial charge in [0.15, 0.2) is 5.82 Å². The smallest absolute Gasteiger partial charge is 0.246 e. The van der Waals surface area contributed by atoms with Crippen LogP contribution in [0.25, 0.3) is 11.3 Å². The van der Waals surface area contributed by atoms with Crippen molar-refractivity contribution in [1.82, 2.24) is 15.0 Å². The fourth-order valence-corrected chi connectivity index (χ4v) is 4.45. The first kappa shape index (κ1) is 19.3. The van der Waals surface area contributed by atoms with Crippen molar-refractivity contribution in [3.8, 4) is 28.8 Å². The molecule has 0 saturated heterocycles. The zero-order valence-corrected chi connectivity index (χ0v) is 17.3. The molecule has 3 heterocycles. The van der Waals surface area contributed by atoms with Gasteiger partial charge in [0.05, 0.1) is 29.9 Å². The van der Waals surface area contributed by atoms with Gasteiger partial charge in [-0.25, -0.2) is 19.3 Å². The molecule has 0 spiro atoms. The second kappa shape index (κ2) is 8.23. The first-order valence-corrected chi connectivity index (χ1v) is 10.5. The van der Waals surface area contributed by atoms with E-state index in [-0.39, 0.29) is 11.7 Å². The number of rotatable bonds is 5. The molecule has 1 aliphatic heterocycles. The Bertz CT molecular complexity index is 1250. The van der Waals surface area contributed by atoms with Crippen LogP contribution in [0.2, 0.25) is 0 Å². The Balaban J connectivity index is 1.46. The first-order valence-electron chi connectivity index (χ1n) is 9.52. The van der Waals surface area contributed by atoms with Gasteiger partial charge in [-0.15, -0.1) is 11.8 Å². The van der Waals surface area contributed by atoms with Crippen LogP contribution in [0.4, 0.5) is 15.8 Å². The topological polar surface area (TPSA) is 60.4 Å². The van der Waals surface area contributed by atoms with Crippen molar-refractivity contribution >= 4 is 23.1 Å². The molecule has 0 atom stereocenters. The Morgan fingerprint density at radius 2 is 1.74 bits per heavy atom. The van der Waals surface area contributed by atoms with Crippen LogP contribution >= 0.6 is 11.8 Å². The van der Waals surface area contributed by atoms with Crippen molar-refractivity contribution in [2.45, 2.75) is 4.90 Å². The number of aromatic nitrogens is 3. The molecule has 5 rings (SSSR count). The summed E-state index contributed by atoms with van der Waals surface area (Å²) in [6.45, 7) is 0. The lowest BCUT2D eigenvalue weighted by atomic mass is 10.2. The van der Waals surface area contributed by atoms with Crippen molar-refractivity contribution < 1.29 is 13.9 Å². The Kier molecular flexibility index (Phi) is 5.13. The number of ether oxygens (including phenoxy) is 2. The Morgan fingerprint density at radius 3 is 2.61 bits per heavy atom. The number of hydrogen-bond acceptors (Lipinski definition) is 7. The van der Waals surface area contributed by atoms with E-state index >= 15 is 4.39 Å². The van der Waals surface area contributed by atoms with E-state index in [0.29, 0.717) is 34.5 Å². The van der Waals surface area contributed by atoms with Crippen LogP contribution in [-0.2, 0) is 0 Å². The average Bonchev–Trinajstić information content (AvgIpc) is 3.23. The van der Waals surface area contributed by atoms with Crippen molar-refractivity contribution in [3.63, 3.8) is 0 Å². The van der Waals surface area contributed by atoms with Crippen molar-refractivity contribution in [2.75, 3.05) is 17.9 Å². The second-order valence-electron chi connectivity index (χ2n) is 6.65. The monoisotopic (exact) mass is 432 g/mol. The van der Waals surface area contributed by atoms with Gasteiger partial charge in [-0.1, -0.05) is 12.1 Å². The van der Waals surface area contributed by atoms with Gasteiger partial charge < -0.3 is 14.4 Å². The van der Waals surface area contributed by atoms with Crippen molar-refractivity contribution in [2.24, 2.45) is 0 Å². The highest BCUT2D eigenvalue weighted by Crippen LogP contribution is 2.44. The lowest BCUT2D eigenvalue weighted by Crippen LogP contribution is -2.13. The number of anilines is 2. The maximum atomic E-state index is 15.0. The lowest BCUT2D eigenvalue weighted by molar-refractivity contribution is 0.398. The minimum atomic E-state index is -0.376. The highest BCUT2D eigenvalue weighted by atomic mass is 32.2. The van der Waals surface area contributed by atoms with Crippen LogP contribution in [0.1, 0.15) is 0 Å². The van der Waals surface area contributed by atoms with E-state index in [0.717, 1.165) is 10.6 Å². The van der Waals surface area contributed by atoms with E-state index in [1.165, 1.54) is 19.4 Å². The molecule has 0 amide bonds. The molecular formula is C23H17FN4O2S. The normalized spacial score (nSPS) is 12.5. The standard InChI is InChI=1S/C23H17FN4O2S/c1-29-22-16(5-4-10-26-22)21-23(27-12-11-25-21)30-15-8-9-18(17(24)13-15)28-14-31-20-7-3-2-6-19(20)28/h2-13H,14H2,1H3. The molecule has 0 unspecified atom stereocenters. The third kappa shape index (κ3) is 3.66. The summed E-state index contributed by atoms with van der Waals surface area (Å²) in [7, 11) is 1.53. The third-order valence-electron chi connectivity index (χ3n) is 4.81. The maximum absolute atomic E-state index is 15.0. The molecule has 0 N–H and O–H groups in total. The predicted molar refractivity (Wildman–Crippen MR) is 118 cm³/mol. The van der Waals surface area contributed by atoms with E-state index in [1.54, 1.807) is 42.4 Å². The van der Waals surface area contributed by atoms with E-state index in [2.05, 4.69) is 15.0 Å². The number of benzene rings is 2. The van der Waals surface area contributed by atoms with Gasteiger partial charge in [-0.3, -0.25) is 0 Å². The Hall–Kier alpha value is -3.65. The molecule has 31 heavy (non-hydrogen) atoms. The molecule has 0 radical (unpaired) electrons. The summed E-state index contributed by atoms with van der Waals surface area (Å²) in [4.78, 5) is 15.9. The van der Waals surface area contributed by atoms with E-state index < -0.39 is 0 Å². The summed E-state index contributed by atoms with van der Waals surface area (Å²) < 4.78 is 26.3. The third-order valence-corrected chi connectivity index (χ3v) is 5.86. The summed E-state index contributed by atoms with van der Waals surface area (Å²) in [6, 6.07) is 16.4. The predicted octanol–water partition coefficient (Wildman–Crippen LogP) is 5.68. The van der Waals surface area contributed by atoms with Crippen LogP contribution in [0.15, 0.2) is 78.1 Å². The molecule has 8 heteroatoms. The summed E-state index contributed by atoms with van der Waals surface area (Å²) >= 11 is 1.68. The van der Waals surface area contributed by atoms with Crippen LogP contribution in [-0.4, -0.2) is 27.9 Å². The molecule has 1 aliphatic rings. The zero-order chi connectivity index (χ0) is 21.2. The minimum Gasteiger partial charge on any atom is -0.481 e. The molecule has 4 aromatic rings. The van der Waals surface area contributed by atoms with Gasteiger partial charge >= 0.3 is 0 Å². The molecule has 154 valence electrons. The fraction of sp³-hybridized carbons (Fsp3) is 0.0870. The van der Waals surface area contributed by atoms with E-state index in [9.17, 15) is 0 Å². The molecule has 0 bridgehead atoms. The van der Waals surface area contributed by atoms with E-state index in [1.807, 2.05) is 35.2 Å². The number of hydrogen-bond donors (Lipinski definition) is 0. The number of fused-ring (bicyclic) bond motifs is 1. The summed E-state index contributed by atoms with van der Waals surface area (Å²) in [5, 5.41) is 0. The largest absolute Gasteiger partial charge is 0.481 e. The van der Waals surface area contributed by atoms with Crippen LogP contribution in [0.5, 0.6) is 17.5 Å². The van der Waals surface area contributed by atoms with Crippen LogP contribution in [0.3, 0.4) is 0 Å². The van der Waals surface area contributed by atoms with Gasteiger partial charge in [-0.2, -0.15) is 0 Å². The van der Waals surface area contributed by atoms with Crippen LogP contribution < -0.4 is 14.4 Å². The van der Waals surface area contributed by atoms with Crippen molar-refractivity contribution in [1.29, 1.82) is 0 Å². The Morgan fingerprint density at radius 1 is 0.903 bits per heavy atom. The second-order valence-corrected chi connectivity index (χ2v) is 7.64. The number of pyridine rings is 1. The minimum absolute atomic E-state index is 0.239. The van der Waals surface area contributed by atoms with Gasteiger partial charge in [0, 0.05) is 29.6 Å². The molecule has 0 saturated carbocycles. The summed E-state index contributed by atoms with van der Waals surface area (Å²) in [5.74, 6) is 1.25. The number of para-hydroxylation sites is 1. The highest BCUT2D eigenvalue weighted by molar-refractivity contribution is 7.99. The zero-order valence-electron chi connectivity index (χ0n) is 16.5. The summed E-state index contributed by atoms with van der Waals surface area (Å²) in [6.07, 6.45) is 4.70. The molecule has 6 nitrogen and oxygen atoms in total. The average molecular weight is 432 g/mol. The molecule has 0 aliphatic carbocycles. The maximum Gasteiger partial charge on any atom is 0.246 e. The van der Waals surface area contributed by atoms with Crippen LogP contribution in [0, 0.1) is 5.82 Å². The van der Waals surface area contributed by atoms with Gasteiger partial charge in [0.25, 0.3) is 0 Å². The highest BCUT2D eigenvalue weighted by Gasteiger charge is 2.23. The number of nitrogens with zero attached hydrogens (tertiary/aromatic N) is 4. The molecule has 2 aromatic carbocycles. The molecule has 0 fully saturated rings. The number of methoxy groups -OCH3 is 1. The lowest BCUT2D eigenvalue weighted by Gasteiger charge is -2.19. The number of thioether (sulfide) groups is 1. The van der Waals surface area contributed by atoms with Gasteiger partial charge in [0.2, 0.25) is 11.8 Å². The van der Waals surface area contributed by atoms with Gasteiger partial charge in [-0.05, 0) is 36.4 Å². The SMILES string of the molecule is COc1ncccc1-c1nccnc1Oc1ccc(N2CSc3ccccc32)c(F)c1. The van der Waals surface area contributed by atoms with Gasteiger partial charge in [0.1, 0.15) is 11.4 Å². The fourth-order valence-electron chi connectivity index (χ4n) is 3.41. The quantitative estimate of drug-likeness (QED) is 0.402. The molecular weight excluding hydrogens is 415 g/mol. The first-order chi connectivity index (χ1) is 15.2. The molecule has 2 aromatic heterocycles.